The Balaban J connectivity index is 1.85. The molecule has 1 saturated heterocycles. The molecule has 0 bridgehead atoms. The van der Waals surface area contributed by atoms with Gasteiger partial charge in [0.25, 0.3) is 12.0 Å². The highest BCUT2D eigenvalue weighted by atomic mass is 32.2. The van der Waals surface area contributed by atoms with E-state index in [2.05, 4.69) is 15.3 Å². The molecule has 170 valence electrons. The van der Waals surface area contributed by atoms with Crippen LogP contribution in [0.3, 0.4) is 0 Å². The van der Waals surface area contributed by atoms with Crippen molar-refractivity contribution in [2.24, 2.45) is 5.92 Å². The molecule has 0 amide bonds. The van der Waals surface area contributed by atoms with E-state index in [0.29, 0.717) is 10.7 Å². The number of hydrogen-bond acceptors (Lipinski definition) is 6. The number of nitrogens with one attached hydrogen (secondary N) is 1. The zero-order valence-corrected chi connectivity index (χ0v) is 17.8. The van der Waals surface area contributed by atoms with Crippen molar-refractivity contribution in [3.8, 4) is 0 Å². The fourth-order valence-electron chi connectivity index (χ4n) is 4.02. The van der Waals surface area contributed by atoms with E-state index in [1.807, 2.05) is 6.92 Å². The van der Waals surface area contributed by atoms with E-state index in [1.54, 1.807) is 0 Å². The standard InChI is InChI=1S/C20H27F2N5O3S/c1-12-4-3-5-16(12)27-18-13(10-15(17(21)22)19(27)28)11-23-20(25-18)24-14-6-8-26(9-7-14)31(2,29)30/h10-12,14,16-17H,3-9H2,1-2H3,(H,23,24,25)/t12-,16+/m0/s1/i6D2,7D2,14D,17D. The summed E-state index contributed by atoms with van der Waals surface area (Å²) >= 11 is 0. The maximum absolute atomic E-state index is 14.0. The van der Waals surface area contributed by atoms with Gasteiger partial charge in [-0.05, 0) is 37.6 Å². The molecule has 0 radical (unpaired) electrons. The van der Waals surface area contributed by atoms with E-state index in [4.69, 9.17) is 8.22 Å². The van der Waals surface area contributed by atoms with Crippen molar-refractivity contribution in [2.75, 3.05) is 24.7 Å². The Kier molecular flexibility index (Phi) is 4.24. The van der Waals surface area contributed by atoms with Crippen LogP contribution < -0.4 is 10.9 Å². The van der Waals surface area contributed by atoms with Crippen molar-refractivity contribution in [3.63, 3.8) is 0 Å². The smallest absolute Gasteiger partial charge is 0.269 e. The monoisotopic (exact) mass is 461 g/mol. The summed E-state index contributed by atoms with van der Waals surface area (Å²) < 4.78 is 103. The Hall–Kier alpha value is -2.14. The maximum Gasteiger partial charge on any atom is 0.269 e. The van der Waals surface area contributed by atoms with Gasteiger partial charge in [-0.2, -0.15) is 4.98 Å². The molecule has 2 atom stereocenters. The molecule has 11 heteroatoms. The summed E-state index contributed by atoms with van der Waals surface area (Å²) in [6, 6.07) is -2.43. The molecule has 2 aromatic heterocycles. The van der Waals surface area contributed by atoms with E-state index in [-0.39, 0.29) is 17.0 Å². The van der Waals surface area contributed by atoms with Crippen molar-refractivity contribution in [2.45, 2.75) is 57.4 Å². The fraction of sp³-hybridized carbons (Fsp3) is 0.650. The predicted octanol–water partition coefficient (Wildman–Crippen LogP) is 2.93. The third-order valence-electron chi connectivity index (χ3n) is 5.69. The Morgan fingerprint density at radius 1 is 1.35 bits per heavy atom. The van der Waals surface area contributed by atoms with Gasteiger partial charge in [0.15, 0.2) is 0 Å². The number of anilines is 1. The molecule has 2 aromatic rings. The lowest BCUT2D eigenvalue weighted by Crippen LogP contribution is -2.42. The van der Waals surface area contributed by atoms with Gasteiger partial charge < -0.3 is 5.32 Å². The lowest BCUT2D eigenvalue weighted by Gasteiger charge is -2.30. The molecule has 4 rings (SSSR count). The molecule has 0 unspecified atom stereocenters. The van der Waals surface area contributed by atoms with Gasteiger partial charge in [-0.25, -0.2) is 26.5 Å². The maximum atomic E-state index is 14.0. The number of halogens is 2. The van der Waals surface area contributed by atoms with Crippen molar-refractivity contribution in [1.29, 1.82) is 0 Å². The first kappa shape index (κ1) is 15.6. The van der Waals surface area contributed by atoms with Gasteiger partial charge in [0.2, 0.25) is 16.0 Å². The van der Waals surface area contributed by atoms with Crippen LogP contribution >= 0.6 is 0 Å². The predicted molar refractivity (Wildman–Crippen MR) is 114 cm³/mol. The first-order valence-corrected chi connectivity index (χ1v) is 11.7. The molecule has 8 nitrogen and oxygen atoms in total. The highest BCUT2D eigenvalue weighted by molar-refractivity contribution is 7.88. The third kappa shape index (κ3) is 4.43. The van der Waals surface area contributed by atoms with Gasteiger partial charge in [0.05, 0.1) is 13.2 Å². The number of nitrogens with zero attached hydrogens (tertiary/aromatic N) is 4. The summed E-state index contributed by atoms with van der Waals surface area (Å²) in [5.41, 5.74) is -2.21. The minimum atomic E-state index is -4.17. The molecule has 1 N–H and O–H groups in total. The third-order valence-corrected chi connectivity index (χ3v) is 6.89. The number of alkyl halides is 2. The van der Waals surface area contributed by atoms with Crippen LogP contribution in [-0.2, 0) is 10.0 Å². The topological polar surface area (TPSA) is 97.2 Å². The number of fused-ring (bicyclic) bond motifs is 1. The molecule has 1 saturated carbocycles. The Labute approximate surface area is 188 Å². The molecule has 0 spiro atoms. The summed E-state index contributed by atoms with van der Waals surface area (Å²) in [7, 11) is -3.96. The van der Waals surface area contributed by atoms with Crippen molar-refractivity contribution >= 4 is 27.0 Å². The van der Waals surface area contributed by atoms with Crippen LogP contribution in [0, 0.1) is 5.92 Å². The first-order chi connectivity index (χ1) is 16.8. The number of aromatic nitrogens is 3. The van der Waals surface area contributed by atoms with Crippen LogP contribution in [0.1, 0.15) is 65.2 Å². The molecule has 1 aliphatic heterocycles. The van der Waals surface area contributed by atoms with Crippen LogP contribution in [0.2, 0.25) is 0 Å². The minimum Gasteiger partial charge on any atom is -0.351 e. The van der Waals surface area contributed by atoms with Gasteiger partial charge in [0.1, 0.15) is 7.02 Å². The molecular formula is C20H27F2N5O3S. The zero-order valence-electron chi connectivity index (χ0n) is 23.0. The van der Waals surface area contributed by atoms with Gasteiger partial charge in [-0.15, -0.1) is 0 Å². The molecule has 1 aliphatic carbocycles. The largest absolute Gasteiger partial charge is 0.351 e. The normalized spacial score (nSPS) is 31.1. The van der Waals surface area contributed by atoms with Gasteiger partial charge >= 0.3 is 0 Å². The number of hydrogen-bond donors (Lipinski definition) is 1. The molecular weight excluding hydrogens is 428 g/mol. The molecule has 0 aromatic carbocycles. The molecule has 2 aliphatic rings. The van der Waals surface area contributed by atoms with Crippen LogP contribution in [0.4, 0.5) is 14.7 Å². The Morgan fingerprint density at radius 2 is 2.06 bits per heavy atom. The summed E-state index contributed by atoms with van der Waals surface area (Å²) in [4.78, 5) is 21.3. The summed E-state index contributed by atoms with van der Waals surface area (Å²) in [5.74, 6) is -0.500. The van der Waals surface area contributed by atoms with Gasteiger partial charge in [-0.1, -0.05) is 13.3 Å². The van der Waals surface area contributed by atoms with Gasteiger partial charge in [0, 0.05) is 42.2 Å². The second-order valence-electron chi connectivity index (χ2n) is 7.83. The lowest BCUT2D eigenvalue weighted by atomic mass is 10.1. The molecule has 31 heavy (non-hydrogen) atoms. The van der Waals surface area contributed by atoms with Crippen LogP contribution in [-0.4, -0.2) is 52.6 Å². The quantitative estimate of drug-likeness (QED) is 0.735. The Bertz CT molecular complexity index is 1380. The van der Waals surface area contributed by atoms with Crippen LogP contribution in [0.5, 0.6) is 0 Å². The van der Waals surface area contributed by atoms with Crippen molar-refractivity contribution in [3.05, 3.63) is 28.2 Å². The zero-order chi connectivity index (χ0) is 27.8. The van der Waals surface area contributed by atoms with Crippen LogP contribution in [0.15, 0.2) is 17.1 Å². The first-order valence-electron chi connectivity index (χ1n) is 12.8. The summed E-state index contributed by atoms with van der Waals surface area (Å²) in [6.07, 6.45) is -5.81. The van der Waals surface area contributed by atoms with Crippen molar-refractivity contribution in [1.82, 2.24) is 18.8 Å². The lowest BCUT2D eigenvalue weighted by molar-refractivity contribution is 0.148. The number of sulfonamides is 1. The van der Waals surface area contributed by atoms with E-state index in [0.717, 1.165) is 35.9 Å². The van der Waals surface area contributed by atoms with E-state index in [1.165, 1.54) is 0 Å². The van der Waals surface area contributed by atoms with E-state index < -0.39 is 71.4 Å². The Morgan fingerprint density at radius 3 is 2.65 bits per heavy atom. The highest BCUT2D eigenvalue weighted by Crippen LogP contribution is 2.36. The van der Waals surface area contributed by atoms with Crippen LogP contribution in [0.25, 0.3) is 11.0 Å². The van der Waals surface area contributed by atoms with Gasteiger partial charge in [-0.3, -0.25) is 9.36 Å². The fourth-order valence-corrected chi connectivity index (χ4v) is 4.62. The second-order valence-corrected chi connectivity index (χ2v) is 9.81. The van der Waals surface area contributed by atoms with Crippen molar-refractivity contribution < 1.29 is 25.4 Å². The van der Waals surface area contributed by atoms with E-state index >= 15 is 0 Å². The average Bonchev–Trinajstić information content (AvgIpc) is 3.15. The minimum absolute atomic E-state index is 0.0168. The molecule has 3 heterocycles. The highest BCUT2D eigenvalue weighted by Gasteiger charge is 2.30. The molecule has 2 fully saturated rings. The van der Waals surface area contributed by atoms with E-state index in [9.17, 15) is 22.0 Å². The number of pyridine rings is 1. The summed E-state index contributed by atoms with van der Waals surface area (Å²) in [6.45, 7) is 0.253. The average molecular weight is 462 g/mol. The second kappa shape index (κ2) is 8.42. The number of piperidine rings is 1. The number of rotatable bonds is 5. The SMILES string of the molecule is [2H]C(F)(F)c1cc2cnc(NC3([2H])C([2H])([2H])CN(S(C)(=O)=O)CC3([2H])[2H])nc2n([C@@H]2CCC[C@@H]2C)c1=O. The summed E-state index contributed by atoms with van der Waals surface area (Å²) in [5, 5.41) is 2.38.